The Morgan fingerprint density at radius 3 is 2.61 bits per heavy atom. The Morgan fingerprint density at radius 1 is 0.889 bits per heavy atom. The summed E-state index contributed by atoms with van der Waals surface area (Å²) in [5.41, 5.74) is 3.32. The maximum atomic E-state index is 4.44. The van der Waals surface area contributed by atoms with Crippen LogP contribution in [0.25, 0.3) is 10.9 Å². The van der Waals surface area contributed by atoms with Crippen LogP contribution >= 0.6 is 0 Å². The molecule has 2 heterocycles. The van der Waals surface area contributed by atoms with Gasteiger partial charge in [-0.25, -0.2) is 0 Å². The number of benzene rings is 1. The van der Waals surface area contributed by atoms with Gasteiger partial charge in [-0.2, -0.15) is 0 Å². The number of rotatable bonds is 3. The molecule has 3 nitrogen and oxygen atoms in total. The van der Waals surface area contributed by atoms with Crippen LogP contribution in [0.4, 0.5) is 5.69 Å². The van der Waals surface area contributed by atoms with Gasteiger partial charge in [-0.1, -0.05) is 24.3 Å². The number of hydrogen-bond acceptors (Lipinski definition) is 3. The predicted molar refractivity (Wildman–Crippen MR) is 73.3 cm³/mol. The van der Waals surface area contributed by atoms with Crippen molar-refractivity contribution in [1.29, 1.82) is 0 Å². The van der Waals surface area contributed by atoms with Crippen LogP contribution in [0.3, 0.4) is 0 Å². The summed E-state index contributed by atoms with van der Waals surface area (Å²) in [6.45, 7) is 0.762. The Kier molecular flexibility index (Phi) is 2.88. The highest BCUT2D eigenvalue weighted by molar-refractivity contribution is 5.81. The molecule has 0 saturated carbocycles. The second-order valence-corrected chi connectivity index (χ2v) is 4.08. The second kappa shape index (κ2) is 4.84. The van der Waals surface area contributed by atoms with Crippen molar-refractivity contribution in [2.24, 2.45) is 0 Å². The van der Waals surface area contributed by atoms with E-state index >= 15 is 0 Å². The van der Waals surface area contributed by atoms with E-state index < -0.39 is 0 Å². The lowest BCUT2D eigenvalue weighted by molar-refractivity contribution is 1.15. The number of fused-ring (bicyclic) bond motifs is 1. The third kappa shape index (κ3) is 2.15. The number of nitrogens with one attached hydrogen (secondary N) is 1. The van der Waals surface area contributed by atoms with Gasteiger partial charge in [0.2, 0.25) is 0 Å². The minimum absolute atomic E-state index is 0.762. The topological polar surface area (TPSA) is 37.8 Å². The van der Waals surface area contributed by atoms with Gasteiger partial charge in [0.1, 0.15) is 0 Å². The molecular formula is C15H13N3. The predicted octanol–water partition coefficient (Wildman–Crippen LogP) is 3.24. The van der Waals surface area contributed by atoms with E-state index in [0.717, 1.165) is 17.7 Å². The van der Waals surface area contributed by atoms with Crippen molar-refractivity contribution in [2.75, 3.05) is 5.32 Å². The van der Waals surface area contributed by atoms with Crippen LogP contribution in [0.1, 0.15) is 5.56 Å². The van der Waals surface area contributed by atoms with Crippen molar-refractivity contribution in [1.82, 2.24) is 9.97 Å². The number of aromatic nitrogens is 2. The van der Waals surface area contributed by atoms with E-state index in [1.54, 1.807) is 12.4 Å². The number of para-hydroxylation sites is 1. The molecule has 0 saturated heterocycles. The maximum absolute atomic E-state index is 4.44. The summed E-state index contributed by atoms with van der Waals surface area (Å²) in [4.78, 5) is 8.44. The largest absolute Gasteiger partial charge is 0.381 e. The SMILES string of the molecule is c1cnc2c(CNc3ccncc3)cccc2c1. The van der Waals surface area contributed by atoms with Crippen LogP contribution in [0, 0.1) is 0 Å². The Bertz CT molecular complexity index is 645. The lowest BCUT2D eigenvalue weighted by Crippen LogP contribution is -2.00. The molecular weight excluding hydrogens is 222 g/mol. The molecule has 1 N–H and O–H groups in total. The normalized spacial score (nSPS) is 10.4. The van der Waals surface area contributed by atoms with Gasteiger partial charge in [0.15, 0.2) is 0 Å². The number of pyridine rings is 2. The van der Waals surface area contributed by atoms with Gasteiger partial charge >= 0.3 is 0 Å². The van der Waals surface area contributed by atoms with E-state index in [-0.39, 0.29) is 0 Å². The minimum Gasteiger partial charge on any atom is -0.381 e. The van der Waals surface area contributed by atoms with E-state index in [1.165, 1.54) is 10.9 Å². The fourth-order valence-corrected chi connectivity index (χ4v) is 1.98. The van der Waals surface area contributed by atoms with Crippen LogP contribution in [0.2, 0.25) is 0 Å². The molecule has 0 amide bonds. The molecule has 0 aliphatic rings. The van der Waals surface area contributed by atoms with E-state index in [2.05, 4.69) is 39.6 Å². The second-order valence-electron chi connectivity index (χ2n) is 4.08. The summed E-state index contributed by atoms with van der Waals surface area (Å²) in [6.07, 6.45) is 5.39. The summed E-state index contributed by atoms with van der Waals surface area (Å²) in [7, 11) is 0. The van der Waals surface area contributed by atoms with Crippen molar-refractivity contribution >= 4 is 16.6 Å². The molecule has 1 aromatic carbocycles. The quantitative estimate of drug-likeness (QED) is 0.757. The van der Waals surface area contributed by atoms with Gasteiger partial charge < -0.3 is 5.32 Å². The molecule has 3 heteroatoms. The third-order valence-corrected chi connectivity index (χ3v) is 2.88. The first-order valence-electron chi connectivity index (χ1n) is 5.90. The Balaban J connectivity index is 1.87. The van der Waals surface area contributed by atoms with Crippen molar-refractivity contribution in [3.8, 4) is 0 Å². The molecule has 0 radical (unpaired) electrons. The standard InChI is InChI=1S/C15H13N3/c1-3-12-5-2-8-17-15(12)13(4-1)11-18-14-6-9-16-10-7-14/h1-10H,11H2,(H,16,18). The zero-order chi connectivity index (χ0) is 12.2. The van der Waals surface area contributed by atoms with Gasteiger partial charge in [0.25, 0.3) is 0 Å². The van der Waals surface area contributed by atoms with Crippen LogP contribution in [-0.2, 0) is 6.54 Å². The number of hydrogen-bond donors (Lipinski definition) is 1. The van der Waals surface area contributed by atoms with Gasteiger partial charge in [-0.05, 0) is 23.8 Å². The molecule has 0 unspecified atom stereocenters. The summed E-state index contributed by atoms with van der Waals surface area (Å²) >= 11 is 0. The molecule has 0 atom stereocenters. The molecule has 88 valence electrons. The van der Waals surface area contributed by atoms with E-state index in [0.29, 0.717) is 0 Å². The van der Waals surface area contributed by atoms with Crippen molar-refractivity contribution in [3.05, 3.63) is 66.6 Å². The molecule has 0 aliphatic carbocycles. The van der Waals surface area contributed by atoms with Crippen LogP contribution in [-0.4, -0.2) is 9.97 Å². The molecule has 3 aromatic rings. The molecule has 0 aliphatic heterocycles. The zero-order valence-corrected chi connectivity index (χ0v) is 9.88. The molecule has 18 heavy (non-hydrogen) atoms. The average molecular weight is 235 g/mol. The van der Waals surface area contributed by atoms with Crippen LogP contribution in [0.15, 0.2) is 61.1 Å². The van der Waals surface area contributed by atoms with E-state index in [4.69, 9.17) is 0 Å². The number of nitrogens with zero attached hydrogens (tertiary/aromatic N) is 2. The first kappa shape index (κ1) is 10.7. The molecule has 0 bridgehead atoms. The highest BCUT2D eigenvalue weighted by Crippen LogP contribution is 2.17. The average Bonchev–Trinajstić information content (AvgIpc) is 2.46. The first-order chi connectivity index (χ1) is 8.93. The summed E-state index contributed by atoms with van der Waals surface area (Å²) < 4.78 is 0. The summed E-state index contributed by atoms with van der Waals surface area (Å²) in [5.74, 6) is 0. The fraction of sp³-hybridized carbons (Fsp3) is 0.0667. The first-order valence-corrected chi connectivity index (χ1v) is 5.90. The van der Waals surface area contributed by atoms with E-state index in [1.807, 2.05) is 24.4 Å². The maximum Gasteiger partial charge on any atom is 0.0751 e. The van der Waals surface area contributed by atoms with Crippen LogP contribution < -0.4 is 5.32 Å². The Morgan fingerprint density at radius 2 is 1.72 bits per heavy atom. The van der Waals surface area contributed by atoms with Gasteiger partial charge in [0, 0.05) is 36.2 Å². The molecule has 2 aromatic heterocycles. The lowest BCUT2D eigenvalue weighted by atomic mass is 10.1. The van der Waals surface area contributed by atoms with Crippen molar-refractivity contribution < 1.29 is 0 Å². The molecule has 3 rings (SSSR count). The summed E-state index contributed by atoms with van der Waals surface area (Å²) in [6, 6.07) is 14.2. The molecule has 0 fully saturated rings. The minimum atomic E-state index is 0.762. The van der Waals surface area contributed by atoms with Crippen molar-refractivity contribution in [3.63, 3.8) is 0 Å². The highest BCUT2D eigenvalue weighted by atomic mass is 14.9. The molecule has 0 spiro atoms. The van der Waals surface area contributed by atoms with Gasteiger partial charge in [-0.15, -0.1) is 0 Å². The van der Waals surface area contributed by atoms with Gasteiger partial charge in [-0.3, -0.25) is 9.97 Å². The van der Waals surface area contributed by atoms with Crippen molar-refractivity contribution in [2.45, 2.75) is 6.54 Å². The smallest absolute Gasteiger partial charge is 0.0751 e. The fourth-order valence-electron chi connectivity index (χ4n) is 1.98. The number of anilines is 1. The zero-order valence-electron chi connectivity index (χ0n) is 9.88. The van der Waals surface area contributed by atoms with Crippen LogP contribution in [0.5, 0.6) is 0 Å². The van der Waals surface area contributed by atoms with Gasteiger partial charge in [0.05, 0.1) is 5.52 Å². The lowest BCUT2D eigenvalue weighted by Gasteiger charge is -2.08. The third-order valence-electron chi connectivity index (χ3n) is 2.88. The highest BCUT2D eigenvalue weighted by Gasteiger charge is 2.01. The Hall–Kier alpha value is -2.42. The van der Waals surface area contributed by atoms with E-state index in [9.17, 15) is 0 Å². The summed E-state index contributed by atoms with van der Waals surface area (Å²) in [5, 5.41) is 4.55. The monoisotopic (exact) mass is 235 g/mol. The Labute approximate surface area is 106 Å².